The van der Waals surface area contributed by atoms with Gasteiger partial charge < -0.3 is 15.0 Å². The maximum absolute atomic E-state index is 12.1. The molecule has 8 nitrogen and oxygen atoms in total. The van der Waals surface area contributed by atoms with Gasteiger partial charge in [0.1, 0.15) is 6.29 Å². The fourth-order valence-corrected chi connectivity index (χ4v) is 3.24. The number of nitrogens with zero attached hydrogens (tertiary/aromatic N) is 2. The summed E-state index contributed by atoms with van der Waals surface area (Å²) in [6, 6.07) is 11.4. The Morgan fingerprint density at radius 1 is 1.24 bits per heavy atom. The second kappa shape index (κ2) is 9.18. The molecule has 1 amide bonds. The summed E-state index contributed by atoms with van der Waals surface area (Å²) in [4.78, 5) is 35.7. The van der Waals surface area contributed by atoms with Gasteiger partial charge in [-0.15, -0.1) is 0 Å². The minimum atomic E-state index is -0.652. The van der Waals surface area contributed by atoms with Crippen molar-refractivity contribution in [3.05, 3.63) is 58.1 Å². The Hall–Kier alpha value is -3.42. The molecule has 0 aromatic heterocycles. The predicted octanol–water partition coefficient (Wildman–Crippen LogP) is 3.66. The van der Waals surface area contributed by atoms with E-state index in [1.807, 2.05) is 24.3 Å². The van der Waals surface area contributed by atoms with E-state index in [0.717, 1.165) is 30.8 Å². The maximum atomic E-state index is 12.1. The van der Waals surface area contributed by atoms with Crippen molar-refractivity contribution in [3.63, 3.8) is 0 Å². The Kier molecular flexibility index (Phi) is 6.43. The van der Waals surface area contributed by atoms with Crippen molar-refractivity contribution in [2.45, 2.75) is 19.8 Å². The highest BCUT2D eigenvalue weighted by atomic mass is 16.6. The SMILES string of the molecule is CC1CCN(c2ccc(NC(=O)COc3ccc(C=O)cc3[N+](=O)[O-])cc2)CC1. The molecule has 29 heavy (non-hydrogen) atoms. The molecule has 0 saturated carbocycles. The topological polar surface area (TPSA) is 102 Å². The van der Waals surface area contributed by atoms with E-state index in [1.165, 1.54) is 25.0 Å². The summed E-state index contributed by atoms with van der Waals surface area (Å²) in [7, 11) is 0. The molecule has 1 aliphatic heterocycles. The number of carbonyl (C=O) groups is 2. The third-order valence-electron chi connectivity index (χ3n) is 4.97. The molecule has 2 aromatic carbocycles. The molecule has 0 unspecified atom stereocenters. The lowest BCUT2D eigenvalue weighted by Crippen LogP contribution is -2.32. The summed E-state index contributed by atoms with van der Waals surface area (Å²) in [5, 5.41) is 13.8. The lowest BCUT2D eigenvalue weighted by atomic mass is 9.99. The van der Waals surface area contributed by atoms with Gasteiger partial charge in [-0.2, -0.15) is 0 Å². The minimum Gasteiger partial charge on any atom is -0.477 e. The number of amides is 1. The van der Waals surface area contributed by atoms with Crippen LogP contribution in [0.4, 0.5) is 17.1 Å². The van der Waals surface area contributed by atoms with E-state index >= 15 is 0 Å². The van der Waals surface area contributed by atoms with Gasteiger partial charge in [0.05, 0.1) is 4.92 Å². The van der Waals surface area contributed by atoms with Gasteiger partial charge in [-0.05, 0) is 55.2 Å². The minimum absolute atomic E-state index is 0.0644. The van der Waals surface area contributed by atoms with Crippen molar-refractivity contribution in [1.82, 2.24) is 0 Å². The smallest absolute Gasteiger partial charge is 0.311 e. The van der Waals surface area contributed by atoms with Crippen LogP contribution in [0.5, 0.6) is 5.75 Å². The molecule has 0 radical (unpaired) electrons. The highest BCUT2D eigenvalue weighted by Gasteiger charge is 2.18. The van der Waals surface area contributed by atoms with E-state index < -0.39 is 10.8 Å². The molecule has 1 saturated heterocycles. The van der Waals surface area contributed by atoms with Crippen molar-refractivity contribution >= 4 is 29.3 Å². The number of carbonyl (C=O) groups excluding carboxylic acids is 2. The molecule has 0 bridgehead atoms. The largest absolute Gasteiger partial charge is 0.477 e. The highest BCUT2D eigenvalue weighted by Crippen LogP contribution is 2.28. The summed E-state index contributed by atoms with van der Waals surface area (Å²) in [5.74, 6) is 0.263. The average molecular weight is 397 g/mol. The van der Waals surface area contributed by atoms with Crippen molar-refractivity contribution < 1.29 is 19.2 Å². The van der Waals surface area contributed by atoms with Gasteiger partial charge in [0.15, 0.2) is 12.4 Å². The first-order chi connectivity index (χ1) is 14.0. The monoisotopic (exact) mass is 397 g/mol. The van der Waals surface area contributed by atoms with E-state index in [4.69, 9.17) is 4.74 Å². The quantitative estimate of drug-likeness (QED) is 0.435. The number of ether oxygens (including phenoxy) is 1. The van der Waals surface area contributed by atoms with E-state index in [-0.39, 0.29) is 23.6 Å². The van der Waals surface area contributed by atoms with E-state index in [9.17, 15) is 19.7 Å². The number of rotatable bonds is 7. The van der Waals surface area contributed by atoms with Crippen LogP contribution in [0.3, 0.4) is 0 Å². The number of benzene rings is 2. The number of anilines is 2. The Morgan fingerprint density at radius 3 is 2.55 bits per heavy atom. The first-order valence-electron chi connectivity index (χ1n) is 9.47. The van der Waals surface area contributed by atoms with Crippen LogP contribution >= 0.6 is 0 Å². The first kappa shape index (κ1) is 20.3. The van der Waals surface area contributed by atoms with E-state index in [1.54, 1.807) is 0 Å². The van der Waals surface area contributed by atoms with Gasteiger partial charge in [0.25, 0.3) is 5.91 Å². The molecule has 1 N–H and O–H groups in total. The summed E-state index contributed by atoms with van der Waals surface area (Å²) < 4.78 is 5.28. The number of hydrogen-bond acceptors (Lipinski definition) is 6. The number of piperidine rings is 1. The number of aldehydes is 1. The highest BCUT2D eigenvalue weighted by molar-refractivity contribution is 5.92. The molecule has 152 valence electrons. The molecule has 0 spiro atoms. The molecule has 1 heterocycles. The Labute approximate surface area is 168 Å². The van der Waals surface area contributed by atoms with E-state index in [0.29, 0.717) is 12.0 Å². The normalized spacial score (nSPS) is 14.3. The number of nitro groups is 1. The Bertz CT molecular complexity index is 890. The van der Waals surface area contributed by atoms with Crippen LogP contribution < -0.4 is 15.0 Å². The molecule has 8 heteroatoms. The second-order valence-electron chi connectivity index (χ2n) is 7.16. The molecular weight excluding hydrogens is 374 g/mol. The summed E-state index contributed by atoms with van der Waals surface area (Å²) in [5.41, 5.74) is 1.55. The molecule has 1 fully saturated rings. The van der Waals surface area contributed by atoms with Gasteiger partial charge in [0, 0.05) is 36.1 Å². The molecule has 3 rings (SSSR count). The molecule has 0 aliphatic carbocycles. The zero-order valence-electron chi connectivity index (χ0n) is 16.2. The van der Waals surface area contributed by atoms with Gasteiger partial charge in [0.2, 0.25) is 0 Å². The van der Waals surface area contributed by atoms with Crippen LogP contribution in [0.2, 0.25) is 0 Å². The molecule has 2 aromatic rings. The summed E-state index contributed by atoms with van der Waals surface area (Å²) in [6.45, 7) is 3.95. The predicted molar refractivity (Wildman–Crippen MR) is 110 cm³/mol. The third-order valence-corrected chi connectivity index (χ3v) is 4.97. The fraction of sp³-hybridized carbons (Fsp3) is 0.333. The van der Waals surface area contributed by atoms with Crippen molar-refractivity contribution in [3.8, 4) is 5.75 Å². The van der Waals surface area contributed by atoms with Crippen LogP contribution in [0.15, 0.2) is 42.5 Å². The zero-order valence-corrected chi connectivity index (χ0v) is 16.2. The molecular formula is C21H23N3O5. The van der Waals surface area contributed by atoms with Crippen LogP contribution in [-0.2, 0) is 4.79 Å². The van der Waals surface area contributed by atoms with Gasteiger partial charge >= 0.3 is 5.69 Å². The molecule has 1 aliphatic rings. The Balaban J connectivity index is 1.56. The van der Waals surface area contributed by atoms with Crippen LogP contribution in [-0.4, -0.2) is 36.8 Å². The number of nitro benzene ring substituents is 1. The number of hydrogen-bond donors (Lipinski definition) is 1. The first-order valence-corrected chi connectivity index (χ1v) is 9.47. The lowest BCUT2D eigenvalue weighted by molar-refractivity contribution is -0.385. The molecule has 0 atom stereocenters. The standard InChI is InChI=1S/C21H23N3O5/c1-15-8-10-23(11-9-15)18-5-3-17(4-6-18)22-21(26)14-29-20-7-2-16(13-25)12-19(20)24(27)28/h2-7,12-13,15H,8-11,14H2,1H3,(H,22,26). The maximum Gasteiger partial charge on any atom is 0.311 e. The fourth-order valence-electron chi connectivity index (χ4n) is 3.24. The van der Waals surface area contributed by atoms with E-state index in [2.05, 4.69) is 17.1 Å². The summed E-state index contributed by atoms with van der Waals surface area (Å²) >= 11 is 0. The van der Waals surface area contributed by atoms with Gasteiger partial charge in [-0.25, -0.2) is 0 Å². The lowest BCUT2D eigenvalue weighted by Gasteiger charge is -2.32. The van der Waals surface area contributed by atoms with Crippen molar-refractivity contribution in [2.24, 2.45) is 5.92 Å². The number of nitrogens with one attached hydrogen (secondary N) is 1. The van der Waals surface area contributed by atoms with Crippen LogP contribution in [0.1, 0.15) is 30.1 Å². The second-order valence-corrected chi connectivity index (χ2v) is 7.16. The van der Waals surface area contributed by atoms with Gasteiger partial charge in [-0.3, -0.25) is 19.7 Å². The van der Waals surface area contributed by atoms with Gasteiger partial charge in [-0.1, -0.05) is 6.92 Å². The van der Waals surface area contributed by atoms with Crippen molar-refractivity contribution in [2.75, 3.05) is 29.9 Å². The van der Waals surface area contributed by atoms with Crippen LogP contribution in [0, 0.1) is 16.0 Å². The zero-order chi connectivity index (χ0) is 20.8. The van der Waals surface area contributed by atoms with Crippen molar-refractivity contribution in [1.29, 1.82) is 0 Å². The third kappa shape index (κ3) is 5.31. The Morgan fingerprint density at radius 2 is 1.93 bits per heavy atom. The van der Waals surface area contributed by atoms with Crippen LogP contribution in [0.25, 0.3) is 0 Å². The summed E-state index contributed by atoms with van der Waals surface area (Å²) in [6.07, 6.45) is 2.86. The average Bonchev–Trinajstić information content (AvgIpc) is 2.73.